The van der Waals surface area contributed by atoms with Gasteiger partial charge in [-0.05, 0) is 83.5 Å². The molecule has 0 rings (SSSR count). The molecule has 0 aromatic carbocycles. The number of esters is 3. The standard InChI is InChI=1S/C62H112O6/c1-4-7-10-13-16-19-22-25-28-30-32-34-37-40-43-46-49-52-55-61(64)67-58-59(57-66-60(63)54-51-48-45-42-39-36-33-27-24-21-18-15-12-9-6-3)68-62(65)56-53-50-47-44-41-38-35-31-29-26-23-20-17-14-11-8-5-2/h18-19,21-22,27-28,30,33,59H,4-17,20,23-26,29,31-32,34-58H2,1-3H3/b21-18-,22-19-,30-28-,33-27-. The highest BCUT2D eigenvalue weighted by Gasteiger charge is 2.19. The molecule has 396 valence electrons. The summed E-state index contributed by atoms with van der Waals surface area (Å²) >= 11 is 0. The van der Waals surface area contributed by atoms with Gasteiger partial charge < -0.3 is 14.2 Å². The van der Waals surface area contributed by atoms with Gasteiger partial charge in [0.1, 0.15) is 13.2 Å². The number of hydrogen-bond donors (Lipinski definition) is 0. The maximum absolute atomic E-state index is 12.9. The molecule has 0 radical (unpaired) electrons. The van der Waals surface area contributed by atoms with Gasteiger partial charge in [0.2, 0.25) is 0 Å². The van der Waals surface area contributed by atoms with E-state index >= 15 is 0 Å². The molecule has 0 amide bonds. The Hall–Kier alpha value is -2.63. The molecule has 0 aliphatic heterocycles. The van der Waals surface area contributed by atoms with E-state index in [4.69, 9.17) is 14.2 Å². The van der Waals surface area contributed by atoms with Gasteiger partial charge in [-0.1, -0.05) is 256 Å². The van der Waals surface area contributed by atoms with Crippen molar-refractivity contribution in [2.24, 2.45) is 0 Å². The Morgan fingerprint density at radius 2 is 0.529 bits per heavy atom. The van der Waals surface area contributed by atoms with Crippen LogP contribution in [0.1, 0.15) is 310 Å². The maximum atomic E-state index is 12.9. The van der Waals surface area contributed by atoms with E-state index < -0.39 is 6.10 Å². The summed E-state index contributed by atoms with van der Waals surface area (Å²) in [6.07, 6.45) is 69.5. The number of carbonyl (C=O) groups excluding carboxylic acids is 3. The van der Waals surface area contributed by atoms with Crippen LogP contribution < -0.4 is 0 Å². The Balaban J connectivity index is 4.38. The fourth-order valence-electron chi connectivity index (χ4n) is 8.56. The number of hydrogen-bond acceptors (Lipinski definition) is 6. The number of unbranched alkanes of at least 4 members (excludes halogenated alkanes) is 35. The molecule has 0 saturated carbocycles. The van der Waals surface area contributed by atoms with Gasteiger partial charge in [0.15, 0.2) is 6.10 Å². The second kappa shape index (κ2) is 57.0. The lowest BCUT2D eigenvalue weighted by molar-refractivity contribution is -0.167. The largest absolute Gasteiger partial charge is 0.462 e. The average Bonchev–Trinajstić information content (AvgIpc) is 3.34. The quantitative estimate of drug-likeness (QED) is 0.0262. The minimum Gasteiger partial charge on any atom is -0.462 e. The van der Waals surface area contributed by atoms with Gasteiger partial charge in [-0.3, -0.25) is 14.4 Å². The van der Waals surface area contributed by atoms with E-state index in [-0.39, 0.29) is 31.1 Å². The smallest absolute Gasteiger partial charge is 0.306 e. The van der Waals surface area contributed by atoms with E-state index in [1.54, 1.807) is 0 Å². The molecule has 0 fully saturated rings. The van der Waals surface area contributed by atoms with Crippen molar-refractivity contribution >= 4 is 17.9 Å². The van der Waals surface area contributed by atoms with E-state index in [0.29, 0.717) is 19.3 Å². The lowest BCUT2D eigenvalue weighted by Gasteiger charge is -2.18. The molecule has 0 heterocycles. The van der Waals surface area contributed by atoms with E-state index in [1.165, 1.54) is 180 Å². The number of carbonyl (C=O) groups is 3. The van der Waals surface area contributed by atoms with Crippen molar-refractivity contribution in [2.75, 3.05) is 13.2 Å². The lowest BCUT2D eigenvalue weighted by Crippen LogP contribution is -2.30. The first-order chi connectivity index (χ1) is 33.5. The summed E-state index contributed by atoms with van der Waals surface area (Å²) in [5.74, 6) is -0.883. The van der Waals surface area contributed by atoms with Gasteiger partial charge in [0.25, 0.3) is 0 Å². The van der Waals surface area contributed by atoms with Gasteiger partial charge in [0, 0.05) is 19.3 Å². The van der Waals surface area contributed by atoms with Gasteiger partial charge in [-0.15, -0.1) is 0 Å². The highest BCUT2D eigenvalue weighted by atomic mass is 16.6. The van der Waals surface area contributed by atoms with Crippen molar-refractivity contribution in [3.05, 3.63) is 48.6 Å². The van der Waals surface area contributed by atoms with Gasteiger partial charge in [-0.25, -0.2) is 0 Å². The van der Waals surface area contributed by atoms with Crippen molar-refractivity contribution in [2.45, 2.75) is 316 Å². The number of allylic oxidation sites excluding steroid dienone is 8. The van der Waals surface area contributed by atoms with Crippen LogP contribution in [0.5, 0.6) is 0 Å². The normalized spacial score (nSPS) is 12.3. The molecular weight excluding hydrogens is 841 g/mol. The van der Waals surface area contributed by atoms with Crippen molar-refractivity contribution in [1.29, 1.82) is 0 Å². The third-order valence-electron chi connectivity index (χ3n) is 13.1. The molecule has 0 saturated heterocycles. The molecule has 1 atom stereocenters. The van der Waals surface area contributed by atoms with E-state index in [2.05, 4.69) is 69.4 Å². The number of rotatable bonds is 54. The zero-order valence-corrected chi connectivity index (χ0v) is 45.4. The monoisotopic (exact) mass is 953 g/mol. The Labute approximate surface area is 422 Å². The zero-order valence-electron chi connectivity index (χ0n) is 45.4. The van der Waals surface area contributed by atoms with Crippen molar-refractivity contribution in [3.63, 3.8) is 0 Å². The fourth-order valence-corrected chi connectivity index (χ4v) is 8.56. The third-order valence-corrected chi connectivity index (χ3v) is 13.1. The minimum atomic E-state index is -0.780. The third kappa shape index (κ3) is 54.3. The van der Waals surface area contributed by atoms with Crippen molar-refractivity contribution < 1.29 is 28.6 Å². The Morgan fingerprint density at radius 3 is 0.853 bits per heavy atom. The summed E-state index contributed by atoms with van der Waals surface area (Å²) in [6, 6.07) is 0. The first kappa shape index (κ1) is 65.4. The van der Waals surface area contributed by atoms with Crippen molar-refractivity contribution in [3.8, 4) is 0 Å². The average molecular weight is 954 g/mol. The zero-order chi connectivity index (χ0) is 49.3. The second-order valence-electron chi connectivity index (χ2n) is 19.9. The molecule has 1 unspecified atom stereocenters. The highest BCUT2D eigenvalue weighted by Crippen LogP contribution is 2.16. The second-order valence-corrected chi connectivity index (χ2v) is 19.9. The number of ether oxygens (including phenoxy) is 3. The van der Waals surface area contributed by atoms with Gasteiger partial charge in [0.05, 0.1) is 0 Å². The Kier molecular flexibility index (Phi) is 54.8. The SMILES string of the molecule is CCCCC/C=C\C/C=C\CCCCCCCC(=O)OCC(COC(=O)CCCCCCCCC/C=C\C/C=C\CCCCCC)OC(=O)CCCCCCCCCCCCCCCCCCC. The molecule has 0 aromatic rings. The van der Waals surface area contributed by atoms with Crippen molar-refractivity contribution in [1.82, 2.24) is 0 Å². The summed E-state index contributed by atoms with van der Waals surface area (Å²) in [5.41, 5.74) is 0. The van der Waals surface area contributed by atoms with Crippen LogP contribution in [0, 0.1) is 0 Å². The van der Waals surface area contributed by atoms with Crippen LogP contribution in [0.2, 0.25) is 0 Å². The van der Waals surface area contributed by atoms with E-state index in [1.807, 2.05) is 0 Å². The minimum absolute atomic E-state index is 0.0790. The summed E-state index contributed by atoms with van der Waals surface area (Å²) in [6.45, 7) is 6.62. The predicted octanol–water partition coefficient (Wildman–Crippen LogP) is 19.8. The van der Waals surface area contributed by atoms with Crippen LogP contribution in [0.15, 0.2) is 48.6 Å². The van der Waals surface area contributed by atoms with E-state index in [0.717, 1.165) is 89.9 Å². The van der Waals surface area contributed by atoms with Gasteiger partial charge in [-0.2, -0.15) is 0 Å². The Morgan fingerprint density at radius 1 is 0.294 bits per heavy atom. The van der Waals surface area contributed by atoms with Crippen LogP contribution in [-0.4, -0.2) is 37.2 Å². The molecule has 0 bridgehead atoms. The van der Waals surface area contributed by atoms with Gasteiger partial charge >= 0.3 is 17.9 Å². The fraction of sp³-hybridized carbons (Fsp3) is 0.823. The molecule has 6 nitrogen and oxygen atoms in total. The van der Waals surface area contributed by atoms with E-state index in [9.17, 15) is 14.4 Å². The molecular formula is C62H112O6. The Bertz CT molecular complexity index is 1190. The van der Waals surface area contributed by atoms with Crippen LogP contribution in [0.4, 0.5) is 0 Å². The van der Waals surface area contributed by atoms with Crippen LogP contribution in [-0.2, 0) is 28.6 Å². The maximum Gasteiger partial charge on any atom is 0.306 e. The highest BCUT2D eigenvalue weighted by molar-refractivity contribution is 5.71. The topological polar surface area (TPSA) is 78.9 Å². The lowest BCUT2D eigenvalue weighted by atomic mass is 10.0. The van der Waals surface area contributed by atoms with Crippen LogP contribution >= 0.6 is 0 Å². The molecule has 0 aromatic heterocycles. The summed E-state index contributed by atoms with van der Waals surface area (Å²) in [5, 5.41) is 0. The van der Waals surface area contributed by atoms with Crippen LogP contribution in [0.25, 0.3) is 0 Å². The molecule has 6 heteroatoms. The molecule has 0 spiro atoms. The molecule has 0 aliphatic carbocycles. The summed E-state index contributed by atoms with van der Waals surface area (Å²) < 4.78 is 16.9. The molecule has 68 heavy (non-hydrogen) atoms. The molecule has 0 N–H and O–H groups in total. The van der Waals surface area contributed by atoms with Crippen LogP contribution in [0.3, 0.4) is 0 Å². The first-order valence-electron chi connectivity index (χ1n) is 29.6. The molecule has 0 aliphatic rings. The summed E-state index contributed by atoms with van der Waals surface area (Å²) in [7, 11) is 0. The first-order valence-corrected chi connectivity index (χ1v) is 29.6. The summed E-state index contributed by atoms with van der Waals surface area (Å²) in [4.78, 5) is 38.2. The predicted molar refractivity (Wildman–Crippen MR) is 293 cm³/mol.